The zero-order valence-corrected chi connectivity index (χ0v) is 13.2. The Morgan fingerprint density at radius 1 is 1.52 bits per heavy atom. The predicted molar refractivity (Wildman–Crippen MR) is 85.8 cm³/mol. The monoisotopic (exact) mass is 311 g/mol. The first-order chi connectivity index (χ1) is 9.95. The highest BCUT2D eigenvalue weighted by Gasteiger charge is 2.34. The number of hydrogen-bond acceptors (Lipinski definition) is 4. The minimum Gasteiger partial charge on any atom is -0.399 e. The maximum Gasteiger partial charge on any atom is 0.250 e. The van der Waals surface area contributed by atoms with Gasteiger partial charge in [-0.1, -0.05) is 11.6 Å². The van der Waals surface area contributed by atoms with Crippen molar-refractivity contribution in [2.24, 2.45) is 11.7 Å². The van der Waals surface area contributed by atoms with Crippen LogP contribution in [0.2, 0.25) is 5.02 Å². The first-order valence-electron chi connectivity index (χ1n) is 7.10. The van der Waals surface area contributed by atoms with Gasteiger partial charge in [0.05, 0.1) is 22.9 Å². The Kier molecular flexibility index (Phi) is 4.96. The topological polar surface area (TPSA) is 81.6 Å². The Morgan fingerprint density at radius 2 is 2.19 bits per heavy atom. The molecule has 1 saturated carbocycles. The molecule has 1 aliphatic rings. The molecule has 1 fully saturated rings. The van der Waals surface area contributed by atoms with Crippen LogP contribution >= 0.6 is 11.6 Å². The number of nitrogens with zero attached hydrogens (tertiary/aromatic N) is 1. The second-order valence-corrected chi connectivity index (χ2v) is 5.93. The molecule has 1 unspecified atom stereocenters. The number of hydrogen-bond donors (Lipinski definition) is 2. The van der Waals surface area contributed by atoms with Crippen LogP contribution in [-0.4, -0.2) is 32.2 Å². The van der Waals surface area contributed by atoms with Crippen molar-refractivity contribution >= 4 is 28.9 Å². The molecule has 0 aromatic heterocycles. The van der Waals surface area contributed by atoms with Crippen molar-refractivity contribution in [3.8, 4) is 0 Å². The van der Waals surface area contributed by atoms with Crippen molar-refractivity contribution in [1.82, 2.24) is 0 Å². The van der Waals surface area contributed by atoms with Crippen LogP contribution in [0.25, 0.3) is 0 Å². The number of nitrogen functional groups attached to an aromatic ring is 1. The fourth-order valence-corrected chi connectivity index (χ4v) is 2.98. The Labute approximate surface area is 130 Å². The summed E-state index contributed by atoms with van der Waals surface area (Å²) in [6.07, 6.45) is 2.40. The molecule has 116 valence electrons. The van der Waals surface area contributed by atoms with Crippen molar-refractivity contribution in [1.29, 1.82) is 0 Å². The molecular formula is C15H22ClN3O2. The number of halogens is 1. The van der Waals surface area contributed by atoms with Gasteiger partial charge in [0.15, 0.2) is 0 Å². The van der Waals surface area contributed by atoms with Crippen molar-refractivity contribution in [2.75, 3.05) is 30.9 Å². The van der Waals surface area contributed by atoms with Crippen LogP contribution in [0, 0.1) is 5.92 Å². The van der Waals surface area contributed by atoms with E-state index in [1.807, 2.05) is 0 Å². The number of nitrogens with two attached hydrogens (primary N) is 2. The van der Waals surface area contributed by atoms with Crippen LogP contribution < -0.4 is 16.4 Å². The highest BCUT2D eigenvalue weighted by Crippen LogP contribution is 2.40. The van der Waals surface area contributed by atoms with E-state index in [1.54, 1.807) is 19.2 Å². The average Bonchev–Trinajstić information content (AvgIpc) is 3.24. The van der Waals surface area contributed by atoms with Gasteiger partial charge in [0, 0.05) is 25.4 Å². The third kappa shape index (κ3) is 3.60. The number of ether oxygens (including phenoxy) is 1. The van der Waals surface area contributed by atoms with Crippen LogP contribution in [0.5, 0.6) is 0 Å². The van der Waals surface area contributed by atoms with Crippen LogP contribution in [-0.2, 0) is 4.74 Å². The summed E-state index contributed by atoms with van der Waals surface area (Å²) in [5, 5.41) is 0.451. The van der Waals surface area contributed by atoms with Crippen molar-refractivity contribution in [3.63, 3.8) is 0 Å². The van der Waals surface area contributed by atoms with Crippen LogP contribution in [0.15, 0.2) is 12.1 Å². The molecule has 1 amide bonds. The SMILES string of the molecule is COCCN(c1c(Cl)cc(N)cc1C(N)=O)C(C)C1CC1. The normalized spacial score (nSPS) is 15.8. The molecule has 0 radical (unpaired) electrons. The summed E-state index contributed by atoms with van der Waals surface area (Å²) in [5.74, 6) is 0.0980. The lowest BCUT2D eigenvalue weighted by molar-refractivity contribution is 0.100. The Bertz CT molecular complexity index is 532. The summed E-state index contributed by atoms with van der Waals surface area (Å²) in [6.45, 7) is 3.35. The molecule has 0 saturated heterocycles. The average molecular weight is 312 g/mol. The summed E-state index contributed by atoms with van der Waals surface area (Å²) in [4.78, 5) is 13.9. The fraction of sp³-hybridized carbons (Fsp3) is 0.533. The summed E-state index contributed by atoms with van der Waals surface area (Å²) in [6, 6.07) is 3.52. The molecule has 1 aromatic rings. The maximum atomic E-state index is 11.8. The molecular weight excluding hydrogens is 290 g/mol. The van der Waals surface area contributed by atoms with E-state index in [4.69, 9.17) is 27.8 Å². The zero-order chi connectivity index (χ0) is 15.6. The number of amides is 1. The van der Waals surface area contributed by atoms with E-state index < -0.39 is 5.91 Å². The van der Waals surface area contributed by atoms with E-state index in [-0.39, 0.29) is 6.04 Å². The molecule has 0 aliphatic heterocycles. The zero-order valence-electron chi connectivity index (χ0n) is 12.4. The number of carbonyl (C=O) groups excluding carboxylic acids is 1. The standard InChI is InChI=1S/C15H22ClN3O2/c1-9(10-3-4-10)19(5-6-21-2)14-12(15(18)20)7-11(17)8-13(14)16/h7-10H,3-6,17H2,1-2H3,(H2,18,20). The lowest BCUT2D eigenvalue weighted by Crippen LogP contribution is -2.39. The number of benzene rings is 1. The minimum atomic E-state index is -0.524. The fourth-order valence-electron chi connectivity index (χ4n) is 2.64. The third-order valence-corrected chi connectivity index (χ3v) is 4.26. The molecule has 5 nitrogen and oxygen atoms in total. The summed E-state index contributed by atoms with van der Waals surface area (Å²) in [7, 11) is 1.65. The van der Waals surface area contributed by atoms with E-state index in [2.05, 4.69) is 11.8 Å². The number of rotatable bonds is 7. The largest absolute Gasteiger partial charge is 0.399 e. The Balaban J connectivity index is 2.44. The van der Waals surface area contributed by atoms with Crippen LogP contribution in [0.3, 0.4) is 0 Å². The number of carbonyl (C=O) groups is 1. The van der Waals surface area contributed by atoms with Gasteiger partial charge >= 0.3 is 0 Å². The number of anilines is 2. The van der Waals surface area contributed by atoms with Gasteiger partial charge in [0.2, 0.25) is 0 Å². The van der Waals surface area contributed by atoms with Crippen molar-refractivity contribution in [2.45, 2.75) is 25.8 Å². The molecule has 0 heterocycles. The van der Waals surface area contributed by atoms with Gasteiger partial charge in [0.25, 0.3) is 5.91 Å². The molecule has 4 N–H and O–H groups in total. The third-order valence-electron chi connectivity index (χ3n) is 3.97. The number of methoxy groups -OCH3 is 1. The summed E-state index contributed by atoms with van der Waals surface area (Å²) < 4.78 is 5.18. The second kappa shape index (κ2) is 6.54. The number of primary amides is 1. The van der Waals surface area contributed by atoms with E-state index >= 15 is 0 Å². The molecule has 1 aliphatic carbocycles. The van der Waals surface area contributed by atoms with E-state index in [1.165, 1.54) is 12.8 Å². The lowest BCUT2D eigenvalue weighted by atomic mass is 10.1. The Hall–Kier alpha value is -1.46. The molecule has 0 spiro atoms. The highest BCUT2D eigenvalue weighted by molar-refractivity contribution is 6.34. The highest BCUT2D eigenvalue weighted by atomic mass is 35.5. The van der Waals surface area contributed by atoms with E-state index in [0.717, 1.165) is 0 Å². The lowest BCUT2D eigenvalue weighted by Gasteiger charge is -2.33. The Morgan fingerprint density at radius 3 is 2.71 bits per heavy atom. The summed E-state index contributed by atoms with van der Waals surface area (Å²) >= 11 is 6.35. The smallest absolute Gasteiger partial charge is 0.250 e. The minimum absolute atomic E-state index is 0.277. The first kappa shape index (κ1) is 15.9. The maximum absolute atomic E-state index is 11.8. The molecule has 0 bridgehead atoms. The summed E-state index contributed by atoms with van der Waals surface area (Å²) in [5.41, 5.74) is 12.7. The molecule has 6 heteroatoms. The van der Waals surface area contributed by atoms with E-state index in [0.29, 0.717) is 41.0 Å². The first-order valence-corrected chi connectivity index (χ1v) is 7.48. The molecule has 1 aromatic carbocycles. The van der Waals surface area contributed by atoms with Gasteiger partial charge in [-0.3, -0.25) is 4.79 Å². The van der Waals surface area contributed by atoms with Crippen molar-refractivity contribution < 1.29 is 9.53 Å². The van der Waals surface area contributed by atoms with Crippen LogP contribution in [0.1, 0.15) is 30.1 Å². The quantitative estimate of drug-likeness (QED) is 0.757. The molecule has 21 heavy (non-hydrogen) atoms. The van der Waals surface area contributed by atoms with E-state index in [9.17, 15) is 4.79 Å². The van der Waals surface area contributed by atoms with Crippen molar-refractivity contribution in [3.05, 3.63) is 22.7 Å². The van der Waals surface area contributed by atoms with Gasteiger partial charge in [-0.25, -0.2) is 0 Å². The second-order valence-electron chi connectivity index (χ2n) is 5.53. The molecule has 2 rings (SSSR count). The van der Waals surface area contributed by atoms with Crippen LogP contribution in [0.4, 0.5) is 11.4 Å². The van der Waals surface area contributed by atoms with Gasteiger partial charge < -0.3 is 21.1 Å². The van der Waals surface area contributed by atoms with Gasteiger partial charge in [0.1, 0.15) is 0 Å². The van der Waals surface area contributed by atoms with Gasteiger partial charge in [-0.15, -0.1) is 0 Å². The molecule has 1 atom stereocenters. The van der Waals surface area contributed by atoms with Gasteiger partial charge in [-0.2, -0.15) is 0 Å². The predicted octanol–water partition coefficient (Wildman–Crippen LogP) is 2.27. The van der Waals surface area contributed by atoms with Gasteiger partial charge in [-0.05, 0) is 37.8 Å².